The van der Waals surface area contributed by atoms with Crippen LogP contribution < -0.4 is 5.32 Å². The fraction of sp³-hybridized carbons (Fsp3) is 0.583. The van der Waals surface area contributed by atoms with Crippen LogP contribution in [0.15, 0.2) is 30.3 Å². The van der Waals surface area contributed by atoms with Crippen molar-refractivity contribution in [2.75, 3.05) is 31.5 Å². The normalized spacial score (nSPS) is 17.1. The number of aromatic nitrogens is 2. The van der Waals surface area contributed by atoms with Crippen LogP contribution in [0.1, 0.15) is 53.4 Å². The molecule has 1 N–H and O–H groups in total. The maximum atomic E-state index is 13.5. The zero-order valence-corrected chi connectivity index (χ0v) is 19.4. The first-order valence-corrected chi connectivity index (χ1v) is 11.3. The van der Waals surface area contributed by atoms with Gasteiger partial charge in [0.05, 0.1) is 10.7 Å². The number of rotatable bonds is 7. The zero-order chi connectivity index (χ0) is 21.8. The number of anilines is 1. The molecule has 1 aliphatic rings. The van der Waals surface area contributed by atoms with Crippen molar-refractivity contribution in [1.82, 2.24) is 15.1 Å². The summed E-state index contributed by atoms with van der Waals surface area (Å²) in [5, 5.41) is 12.3. The third-order valence-corrected chi connectivity index (χ3v) is 6.47. The number of piperidine rings is 1. The molecule has 0 radical (unpaired) electrons. The van der Waals surface area contributed by atoms with Crippen LogP contribution in [0.4, 0.5) is 10.2 Å². The molecule has 1 fully saturated rings. The van der Waals surface area contributed by atoms with Crippen molar-refractivity contribution in [2.45, 2.75) is 53.4 Å². The van der Waals surface area contributed by atoms with Crippen molar-refractivity contribution >= 4 is 17.4 Å². The quantitative estimate of drug-likeness (QED) is 0.559. The Bertz CT molecular complexity index is 824. The summed E-state index contributed by atoms with van der Waals surface area (Å²) in [6, 6.07) is 7.96. The molecule has 0 spiro atoms. The monoisotopic (exact) mass is 432 g/mol. The second-order valence-corrected chi connectivity index (χ2v) is 10.5. The van der Waals surface area contributed by atoms with Gasteiger partial charge in [-0.05, 0) is 86.5 Å². The number of likely N-dealkylation sites (tertiary alicyclic amines) is 1. The maximum absolute atomic E-state index is 13.5. The van der Waals surface area contributed by atoms with Gasteiger partial charge in [-0.3, -0.25) is 0 Å². The van der Waals surface area contributed by atoms with Crippen molar-refractivity contribution in [3.8, 4) is 11.3 Å². The van der Waals surface area contributed by atoms with Crippen LogP contribution in [0, 0.1) is 16.6 Å². The fourth-order valence-electron chi connectivity index (χ4n) is 3.82. The van der Waals surface area contributed by atoms with Gasteiger partial charge in [-0.1, -0.05) is 39.3 Å². The summed E-state index contributed by atoms with van der Waals surface area (Å²) >= 11 is 6.15. The number of nitrogens with zero attached hydrogens (tertiary/aromatic N) is 3. The molecule has 0 amide bonds. The zero-order valence-electron chi connectivity index (χ0n) is 18.6. The van der Waals surface area contributed by atoms with Crippen molar-refractivity contribution in [3.63, 3.8) is 0 Å². The molecular weight excluding hydrogens is 399 g/mol. The number of hydrogen-bond acceptors (Lipinski definition) is 4. The molecular formula is C24H34ClFN4. The van der Waals surface area contributed by atoms with Gasteiger partial charge in [0, 0.05) is 12.1 Å². The number of benzene rings is 1. The molecule has 164 valence electrons. The van der Waals surface area contributed by atoms with Gasteiger partial charge in [-0.15, -0.1) is 10.2 Å². The lowest BCUT2D eigenvalue weighted by molar-refractivity contribution is 0.104. The SMILES string of the molecule is CC(C)(C)CCN1CCC(C)(CCNc2ccc(-c3cc(F)ccc3Cl)nn2)CC1. The lowest BCUT2D eigenvalue weighted by atomic mass is 9.77. The lowest BCUT2D eigenvalue weighted by Crippen LogP contribution is -2.40. The first-order chi connectivity index (χ1) is 14.1. The van der Waals surface area contributed by atoms with E-state index in [0.29, 0.717) is 27.1 Å². The van der Waals surface area contributed by atoms with Crippen molar-refractivity contribution in [1.29, 1.82) is 0 Å². The summed E-state index contributed by atoms with van der Waals surface area (Å²) in [5.41, 5.74) is 1.90. The van der Waals surface area contributed by atoms with Gasteiger partial charge in [0.2, 0.25) is 0 Å². The maximum Gasteiger partial charge on any atom is 0.148 e. The van der Waals surface area contributed by atoms with Gasteiger partial charge in [0.15, 0.2) is 0 Å². The molecule has 4 nitrogen and oxygen atoms in total. The predicted octanol–water partition coefficient (Wildman–Crippen LogP) is 6.28. The minimum Gasteiger partial charge on any atom is -0.369 e. The molecule has 2 aromatic rings. The van der Waals surface area contributed by atoms with Gasteiger partial charge in [0.25, 0.3) is 0 Å². The van der Waals surface area contributed by atoms with E-state index in [4.69, 9.17) is 11.6 Å². The summed E-state index contributed by atoms with van der Waals surface area (Å²) in [6.07, 6.45) is 4.84. The van der Waals surface area contributed by atoms with Crippen molar-refractivity contribution < 1.29 is 4.39 Å². The summed E-state index contributed by atoms with van der Waals surface area (Å²) in [7, 11) is 0. The minimum absolute atomic E-state index is 0.337. The largest absolute Gasteiger partial charge is 0.369 e. The second-order valence-electron chi connectivity index (χ2n) is 10.1. The molecule has 1 aromatic carbocycles. The molecule has 0 atom stereocenters. The number of hydrogen-bond donors (Lipinski definition) is 1. The summed E-state index contributed by atoms with van der Waals surface area (Å²) in [4.78, 5) is 2.61. The third-order valence-electron chi connectivity index (χ3n) is 6.14. The van der Waals surface area contributed by atoms with E-state index >= 15 is 0 Å². The van der Waals surface area contributed by atoms with E-state index in [1.54, 1.807) is 0 Å². The van der Waals surface area contributed by atoms with Crippen molar-refractivity contribution in [2.24, 2.45) is 10.8 Å². The van der Waals surface area contributed by atoms with Gasteiger partial charge in [-0.25, -0.2) is 4.39 Å². The average molecular weight is 433 g/mol. The van der Waals surface area contributed by atoms with Crippen LogP contribution in [0.2, 0.25) is 5.02 Å². The molecule has 1 saturated heterocycles. The minimum atomic E-state index is -0.337. The molecule has 2 heterocycles. The van der Waals surface area contributed by atoms with E-state index in [1.165, 1.54) is 57.1 Å². The van der Waals surface area contributed by atoms with Gasteiger partial charge in [-0.2, -0.15) is 0 Å². The van der Waals surface area contributed by atoms with Crippen molar-refractivity contribution in [3.05, 3.63) is 41.2 Å². The van der Waals surface area contributed by atoms with Crippen LogP contribution >= 0.6 is 11.6 Å². The Hall–Kier alpha value is -1.72. The molecule has 0 aliphatic carbocycles. The molecule has 0 saturated carbocycles. The van der Waals surface area contributed by atoms with Crippen LogP contribution in [-0.2, 0) is 0 Å². The average Bonchev–Trinajstić information content (AvgIpc) is 2.69. The second kappa shape index (κ2) is 9.61. The Labute approximate surface area is 185 Å². The van der Waals surface area contributed by atoms with E-state index in [2.05, 4.69) is 48.1 Å². The Balaban J connectivity index is 1.46. The Morgan fingerprint density at radius 2 is 1.87 bits per heavy atom. The molecule has 6 heteroatoms. The Morgan fingerprint density at radius 3 is 2.50 bits per heavy atom. The first-order valence-electron chi connectivity index (χ1n) is 10.9. The Kier molecular flexibility index (Phi) is 7.35. The van der Waals surface area contributed by atoms with Gasteiger partial charge >= 0.3 is 0 Å². The highest BCUT2D eigenvalue weighted by Gasteiger charge is 2.29. The number of halogens is 2. The number of nitrogens with one attached hydrogen (secondary N) is 1. The van der Waals surface area contributed by atoms with Crippen LogP contribution in [0.25, 0.3) is 11.3 Å². The van der Waals surface area contributed by atoms with E-state index in [1.807, 2.05) is 12.1 Å². The van der Waals surface area contributed by atoms with Gasteiger partial charge < -0.3 is 10.2 Å². The van der Waals surface area contributed by atoms with E-state index in [0.717, 1.165) is 18.8 Å². The van der Waals surface area contributed by atoms with Crippen LogP contribution in [-0.4, -0.2) is 41.3 Å². The first kappa shape index (κ1) is 23.0. The van der Waals surface area contributed by atoms with E-state index < -0.39 is 0 Å². The molecule has 3 rings (SSSR count). The summed E-state index contributed by atoms with van der Waals surface area (Å²) in [6.45, 7) is 13.8. The topological polar surface area (TPSA) is 41.0 Å². The predicted molar refractivity (Wildman–Crippen MR) is 123 cm³/mol. The third kappa shape index (κ3) is 6.64. The van der Waals surface area contributed by atoms with Crippen LogP contribution in [0.3, 0.4) is 0 Å². The van der Waals surface area contributed by atoms with E-state index in [-0.39, 0.29) is 5.82 Å². The molecule has 1 aromatic heterocycles. The smallest absolute Gasteiger partial charge is 0.148 e. The fourth-order valence-corrected chi connectivity index (χ4v) is 4.03. The van der Waals surface area contributed by atoms with Crippen LogP contribution in [0.5, 0.6) is 0 Å². The summed E-state index contributed by atoms with van der Waals surface area (Å²) < 4.78 is 13.5. The highest BCUT2D eigenvalue weighted by atomic mass is 35.5. The highest BCUT2D eigenvalue weighted by molar-refractivity contribution is 6.33. The summed E-state index contributed by atoms with van der Waals surface area (Å²) in [5.74, 6) is 0.397. The molecule has 30 heavy (non-hydrogen) atoms. The van der Waals surface area contributed by atoms with E-state index in [9.17, 15) is 4.39 Å². The molecule has 0 unspecified atom stereocenters. The molecule has 0 bridgehead atoms. The Morgan fingerprint density at radius 1 is 1.13 bits per heavy atom. The lowest BCUT2D eigenvalue weighted by Gasteiger charge is -2.40. The van der Waals surface area contributed by atoms with Gasteiger partial charge in [0.1, 0.15) is 11.6 Å². The standard InChI is InChI=1S/C24H34ClFN4/c1-23(2,3)10-14-30-15-11-24(4,12-16-30)9-13-27-22-8-7-21(28-29-22)19-17-18(26)5-6-20(19)25/h5-8,17H,9-16H2,1-4H3,(H,27,29). The molecule has 1 aliphatic heterocycles. The highest BCUT2D eigenvalue weighted by Crippen LogP contribution is 2.35.